The SMILES string of the molecule is C1=CC2=CCC(c3c4c(c(C5=CC=C(C6=[N+]=CCC6)CC5)c5c3=CCCC=5)CCCC4)CC2C=C1. The van der Waals surface area contributed by atoms with Crippen molar-refractivity contribution in [2.75, 3.05) is 0 Å². The van der Waals surface area contributed by atoms with Gasteiger partial charge in [0.05, 0.1) is 12.8 Å². The van der Waals surface area contributed by atoms with Crippen molar-refractivity contribution in [1.82, 2.24) is 4.67 Å². The van der Waals surface area contributed by atoms with E-state index in [1.54, 1.807) is 38.3 Å². The Hall–Kier alpha value is -2.89. The second kappa shape index (κ2) is 8.96. The van der Waals surface area contributed by atoms with Crippen LogP contribution in [0.15, 0.2) is 53.7 Å². The normalized spacial score (nSPS) is 26.4. The van der Waals surface area contributed by atoms with Gasteiger partial charge < -0.3 is 0 Å². The van der Waals surface area contributed by atoms with Crippen molar-refractivity contribution in [3.8, 4) is 0 Å². The van der Waals surface area contributed by atoms with Gasteiger partial charge in [-0.25, -0.2) is 0 Å². The van der Waals surface area contributed by atoms with Crippen molar-refractivity contribution < 1.29 is 0 Å². The minimum absolute atomic E-state index is 0.598. The van der Waals surface area contributed by atoms with Gasteiger partial charge in [-0.1, -0.05) is 54.7 Å². The molecule has 0 radical (unpaired) electrons. The fourth-order valence-electron chi connectivity index (χ4n) is 7.52. The standard InChI is InChI=1S/C34H36N/c1-2-9-26-22-27(20-15-23(26)8-1)34-30-12-5-3-10-28(30)33(29-11-4-6-13-31(29)34)25-18-16-24(17-19-25)32-14-7-21-35-32/h1-2,8-10,12,15-16,18,21,26-27H,3-7,11,13-14,17,19-20,22H2/q+1. The minimum atomic E-state index is 0.598. The van der Waals surface area contributed by atoms with E-state index in [0.717, 1.165) is 25.7 Å². The second-order valence-corrected chi connectivity index (χ2v) is 11.2. The number of nitrogens with zero attached hydrogens (tertiary/aromatic N) is 1. The highest BCUT2D eigenvalue weighted by molar-refractivity contribution is 6.04. The Labute approximate surface area is 209 Å². The number of hydrogen-bond acceptors (Lipinski definition) is 0. The van der Waals surface area contributed by atoms with Crippen LogP contribution in [0.4, 0.5) is 0 Å². The Morgan fingerprint density at radius 1 is 0.743 bits per heavy atom. The van der Waals surface area contributed by atoms with Crippen LogP contribution in [0.1, 0.15) is 92.4 Å². The zero-order valence-corrected chi connectivity index (χ0v) is 20.9. The van der Waals surface area contributed by atoms with Gasteiger partial charge in [-0.3, -0.25) is 0 Å². The Bertz CT molecular complexity index is 1430. The molecule has 0 N–H and O–H groups in total. The van der Waals surface area contributed by atoms with Gasteiger partial charge in [-0.2, -0.15) is 0 Å². The summed E-state index contributed by atoms with van der Waals surface area (Å²) in [6.07, 6.45) is 38.5. The maximum absolute atomic E-state index is 4.66. The van der Waals surface area contributed by atoms with Crippen LogP contribution in [0.5, 0.6) is 0 Å². The molecule has 2 atom stereocenters. The predicted molar refractivity (Wildman–Crippen MR) is 150 cm³/mol. The summed E-state index contributed by atoms with van der Waals surface area (Å²) in [6.45, 7) is 0. The first-order valence-electron chi connectivity index (χ1n) is 14.1. The van der Waals surface area contributed by atoms with E-state index >= 15 is 0 Å². The third-order valence-electron chi connectivity index (χ3n) is 9.16. The van der Waals surface area contributed by atoms with Crippen LogP contribution in [0.3, 0.4) is 0 Å². The summed E-state index contributed by atoms with van der Waals surface area (Å²) in [5, 5.41) is 3.19. The maximum atomic E-state index is 4.66. The van der Waals surface area contributed by atoms with Crippen molar-refractivity contribution in [2.24, 2.45) is 5.92 Å². The molecule has 1 aromatic carbocycles. The lowest BCUT2D eigenvalue weighted by Gasteiger charge is -2.34. The van der Waals surface area contributed by atoms with E-state index in [1.165, 1.54) is 68.2 Å². The quantitative estimate of drug-likeness (QED) is 0.498. The number of rotatable bonds is 3. The van der Waals surface area contributed by atoms with E-state index in [1.807, 2.05) is 0 Å². The molecule has 5 aliphatic carbocycles. The van der Waals surface area contributed by atoms with Crippen molar-refractivity contribution >= 4 is 29.7 Å². The molecule has 176 valence electrons. The molecule has 1 heterocycles. The van der Waals surface area contributed by atoms with Gasteiger partial charge >= 0.3 is 5.71 Å². The smallest absolute Gasteiger partial charge is 0.102 e. The molecule has 0 aromatic heterocycles. The van der Waals surface area contributed by atoms with Crippen molar-refractivity contribution in [3.63, 3.8) is 0 Å². The molecule has 1 aliphatic heterocycles. The van der Waals surface area contributed by atoms with Crippen molar-refractivity contribution in [3.05, 3.63) is 86.4 Å². The fraction of sp³-hybridized carbons (Fsp3) is 0.412. The van der Waals surface area contributed by atoms with Gasteiger partial charge in [-0.15, -0.1) is 4.67 Å². The Kier molecular flexibility index (Phi) is 5.48. The summed E-state index contributed by atoms with van der Waals surface area (Å²) in [6, 6.07) is 0. The molecule has 6 aliphatic rings. The second-order valence-electron chi connectivity index (χ2n) is 11.2. The molecule has 2 unspecified atom stereocenters. The molecule has 1 aromatic rings. The maximum Gasteiger partial charge on any atom is 0.307 e. The molecule has 0 amide bonds. The molecule has 0 fully saturated rings. The highest BCUT2D eigenvalue weighted by Gasteiger charge is 2.31. The third-order valence-corrected chi connectivity index (χ3v) is 9.16. The van der Waals surface area contributed by atoms with Gasteiger partial charge in [0.25, 0.3) is 6.21 Å². The zero-order valence-electron chi connectivity index (χ0n) is 20.9. The van der Waals surface area contributed by atoms with Gasteiger partial charge in [0.15, 0.2) is 0 Å². The zero-order chi connectivity index (χ0) is 23.2. The van der Waals surface area contributed by atoms with Crippen LogP contribution in [-0.2, 0) is 12.8 Å². The van der Waals surface area contributed by atoms with E-state index in [4.69, 9.17) is 0 Å². The topological polar surface area (TPSA) is 14.1 Å². The molecular formula is C34H36N+. The predicted octanol–water partition coefficient (Wildman–Crippen LogP) is 5.94. The summed E-state index contributed by atoms with van der Waals surface area (Å²) in [5.74, 6) is 1.25. The molecule has 1 heteroatoms. The number of fused-ring (bicyclic) bond motifs is 3. The van der Waals surface area contributed by atoms with E-state index < -0.39 is 0 Å². The van der Waals surface area contributed by atoms with Crippen LogP contribution >= 0.6 is 0 Å². The molecule has 1 nitrogen and oxygen atoms in total. The lowest BCUT2D eigenvalue weighted by atomic mass is 9.70. The monoisotopic (exact) mass is 458 g/mol. The average molecular weight is 459 g/mol. The van der Waals surface area contributed by atoms with Crippen LogP contribution in [0, 0.1) is 5.92 Å². The third kappa shape index (κ3) is 3.73. The first kappa shape index (κ1) is 21.4. The molecule has 0 saturated heterocycles. The lowest BCUT2D eigenvalue weighted by Crippen LogP contribution is -2.39. The molecule has 7 rings (SSSR count). The van der Waals surface area contributed by atoms with E-state index in [9.17, 15) is 0 Å². The summed E-state index contributed by atoms with van der Waals surface area (Å²) >= 11 is 0. The number of benzene rings is 1. The lowest BCUT2D eigenvalue weighted by molar-refractivity contribution is 0.520. The van der Waals surface area contributed by atoms with E-state index in [0.29, 0.717) is 11.8 Å². The van der Waals surface area contributed by atoms with Gasteiger partial charge in [0.1, 0.15) is 0 Å². The summed E-state index contributed by atoms with van der Waals surface area (Å²) in [5.41, 5.74) is 12.7. The number of hydrogen-bond donors (Lipinski definition) is 0. The summed E-state index contributed by atoms with van der Waals surface area (Å²) in [4.78, 5) is 0. The molecule has 0 saturated carbocycles. The molecular weight excluding hydrogens is 422 g/mol. The Morgan fingerprint density at radius 2 is 1.57 bits per heavy atom. The van der Waals surface area contributed by atoms with E-state index in [2.05, 4.69) is 65.6 Å². The van der Waals surface area contributed by atoms with Crippen molar-refractivity contribution in [1.29, 1.82) is 0 Å². The van der Waals surface area contributed by atoms with Crippen molar-refractivity contribution in [2.45, 2.75) is 83.0 Å². The van der Waals surface area contributed by atoms with Gasteiger partial charge in [0, 0.05) is 11.5 Å². The van der Waals surface area contributed by atoms with Crippen LogP contribution in [0.25, 0.3) is 17.7 Å². The average Bonchev–Trinajstić information content (AvgIpc) is 3.47. The van der Waals surface area contributed by atoms with Gasteiger partial charge in [-0.05, 0) is 114 Å². The largest absolute Gasteiger partial charge is 0.307 e. The Morgan fingerprint density at radius 3 is 2.40 bits per heavy atom. The first-order valence-corrected chi connectivity index (χ1v) is 14.1. The Balaban J connectivity index is 1.38. The fourth-order valence-corrected chi connectivity index (χ4v) is 7.52. The van der Waals surface area contributed by atoms with Crippen LogP contribution < -0.4 is 15.1 Å². The highest BCUT2D eigenvalue weighted by atomic mass is 14.6. The van der Waals surface area contributed by atoms with Crippen LogP contribution in [-0.4, -0.2) is 11.9 Å². The minimum Gasteiger partial charge on any atom is -0.102 e. The summed E-state index contributed by atoms with van der Waals surface area (Å²) < 4.78 is 4.66. The molecule has 0 bridgehead atoms. The van der Waals surface area contributed by atoms with Crippen LogP contribution in [0.2, 0.25) is 0 Å². The first-order chi connectivity index (χ1) is 17.4. The summed E-state index contributed by atoms with van der Waals surface area (Å²) in [7, 11) is 0. The molecule has 0 spiro atoms. The van der Waals surface area contributed by atoms with E-state index in [-0.39, 0.29) is 0 Å². The number of allylic oxidation sites excluding steroid dienone is 10. The molecule has 35 heavy (non-hydrogen) atoms. The highest BCUT2D eigenvalue weighted by Crippen LogP contribution is 2.41. The van der Waals surface area contributed by atoms with Gasteiger partial charge in [0.2, 0.25) is 0 Å².